The molecule has 62 heavy (non-hydrogen) atoms. The summed E-state index contributed by atoms with van der Waals surface area (Å²) in [5.41, 5.74) is 24.3. The number of hydrogen-bond donors (Lipinski definition) is 3. The Kier molecular flexibility index (Phi) is 11.6. The number of fused-ring (bicyclic) bond motifs is 2. The van der Waals surface area contributed by atoms with Crippen molar-refractivity contribution < 1.29 is 0 Å². The number of hydrogen-bond acceptors (Lipinski definition) is 11. The number of pyridine rings is 2. The number of benzene rings is 5. The van der Waals surface area contributed by atoms with E-state index in [9.17, 15) is 0 Å². The molecule has 0 radical (unpaired) electrons. The molecular formula is C51H45N9S2. The van der Waals surface area contributed by atoms with Crippen molar-refractivity contribution in [2.45, 2.75) is 65.5 Å². The third-order valence-electron chi connectivity index (χ3n) is 10.7. The molecule has 9 rings (SSSR count). The minimum atomic E-state index is 0.291. The molecule has 5 N–H and O–H groups in total. The first-order chi connectivity index (χ1) is 30.1. The van der Waals surface area contributed by atoms with Gasteiger partial charge in [-0.3, -0.25) is 0 Å². The predicted octanol–water partition coefficient (Wildman–Crippen LogP) is 12.7. The molecule has 9 nitrogen and oxygen atoms in total. The molecule has 0 spiro atoms. The Morgan fingerprint density at radius 3 is 1.60 bits per heavy atom. The SMILES string of the molecule is CC(C)c1ccc2c(Cc3cc(-c4ccc(-c5ccc(Sc6ccc(N)cc6)c(Nc6ncnc7nc(C(C)C)ccc67)c5)cc4)ccc3Sc3ccc(N)cc3)ncnc2n1. The maximum atomic E-state index is 6.03. The summed E-state index contributed by atoms with van der Waals surface area (Å²) < 4.78 is 0. The molecule has 0 bridgehead atoms. The van der Waals surface area contributed by atoms with Gasteiger partial charge in [-0.1, -0.05) is 87.6 Å². The summed E-state index contributed by atoms with van der Waals surface area (Å²) in [7, 11) is 0. The van der Waals surface area contributed by atoms with Crippen LogP contribution in [0.2, 0.25) is 0 Å². The quantitative estimate of drug-likeness (QED) is 0.101. The van der Waals surface area contributed by atoms with Crippen LogP contribution in [-0.2, 0) is 6.42 Å². The van der Waals surface area contributed by atoms with Crippen LogP contribution < -0.4 is 16.8 Å². The Balaban J connectivity index is 1.05. The van der Waals surface area contributed by atoms with Crippen molar-refractivity contribution in [3.05, 3.63) is 169 Å². The molecule has 0 unspecified atom stereocenters. The molecule has 0 aliphatic heterocycles. The van der Waals surface area contributed by atoms with Crippen molar-refractivity contribution in [1.29, 1.82) is 0 Å². The largest absolute Gasteiger partial charge is 0.399 e. The second-order valence-corrected chi connectivity index (χ2v) is 18.1. The van der Waals surface area contributed by atoms with Gasteiger partial charge in [-0.05, 0) is 137 Å². The van der Waals surface area contributed by atoms with Gasteiger partial charge in [0.2, 0.25) is 0 Å². The summed E-state index contributed by atoms with van der Waals surface area (Å²) in [5, 5.41) is 5.48. The van der Waals surface area contributed by atoms with Crippen LogP contribution >= 0.6 is 23.5 Å². The molecule has 0 fully saturated rings. The van der Waals surface area contributed by atoms with Gasteiger partial charge < -0.3 is 16.8 Å². The smallest absolute Gasteiger partial charge is 0.164 e. The van der Waals surface area contributed by atoms with Crippen LogP contribution in [0.5, 0.6) is 0 Å². The standard InChI is InChI=1S/C51H45N9S2/c1-30(2)43-21-19-41-45(54-28-55-49(41)58-43)27-36-25-34(9-23-47(36)61-39-15-11-37(52)12-16-39)32-5-7-33(8-6-32)35-10-24-48(62-40-17-13-38(53)14-18-40)46(26-35)60-51-42-20-22-44(31(3)4)59-50(42)56-29-57-51/h5-26,28-31H,27,52-53H2,1-4H3,(H,56,57,59,60). The van der Waals surface area contributed by atoms with Crippen LogP contribution in [0.4, 0.5) is 22.9 Å². The number of nitrogens with two attached hydrogens (primary N) is 2. The third-order valence-corrected chi connectivity index (χ3v) is 12.9. The lowest BCUT2D eigenvalue weighted by atomic mass is 9.97. The molecule has 0 aliphatic carbocycles. The van der Waals surface area contributed by atoms with Gasteiger partial charge in [0, 0.05) is 54.2 Å². The number of aromatic nitrogens is 6. The van der Waals surface area contributed by atoms with Gasteiger partial charge in [0.15, 0.2) is 11.3 Å². The highest BCUT2D eigenvalue weighted by Gasteiger charge is 2.16. The minimum absolute atomic E-state index is 0.291. The van der Waals surface area contributed by atoms with E-state index in [-0.39, 0.29) is 0 Å². The molecule has 0 amide bonds. The minimum Gasteiger partial charge on any atom is -0.399 e. The van der Waals surface area contributed by atoms with E-state index >= 15 is 0 Å². The molecule has 9 aromatic rings. The summed E-state index contributed by atoms with van der Waals surface area (Å²) in [6, 6.07) is 46.2. The lowest BCUT2D eigenvalue weighted by Crippen LogP contribution is -2.01. The summed E-state index contributed by atoms with van der Waals surface area (Å²) in [6.45, 7) is 8.55. The van der Waals surface area contributed by atoms with Crippen molar-refractivity contribution in [2.24, 2.45) is 0 Å². The Hall–Kier alpha value is -6.82. The summed E-state index contributed by atoms with van der Waals surface area (Å²) in [4.78, 5) is 32.6. The van der Waals surface area contributed by atoms with E-state index in [1.54, 1.807) is 36.2 Å². The number of nitrogen functional groups attached to an aromatic ring is 2. The molecule has 4 aromatic heterocycles. The Bertz CT molecular complexity index is 2840. The van der Waals surface area contributed by atoms with E-state index in [2.05, 4.69) is 145 Å². The van der Waals surface area contributed by atoms with Crippen molar-refractivity contribution in [2.75, 3.05) is 16.8 Å². The first-order valence-corrected chi connectivity index (χ1v) is 22.2. The fourth-order valence-corrected chi connectivity index (χ4v) is 9.04. The third kappa shape index (κ3) is 8.95. The summed E-state index contributed by atoms with van der Waals surface area (Å²) >= 11 is 3.39. The van der Waals surface area contributed by atoms with Crippen molar-refractivity contribution in [3.8, 4) is 22.3 Å². The molecule has 5 aromatic carbocycles. The molecular weight excluding hydrogens is 803 g/mol. The van der Waals surface area contributed by atoms with Gasteiger partial charge in [-0.2, -0.15) is 0 Å². The van der Waals surface area contributed by atoms with Crippen molar-refractivity contribution in [1.82, 2.24) is 29.9 Å². The molecule has 4 heterocycles. The number of nitrogens with zero attached hydrogens (tertiary/aromatic N) is 6. The summed E-state index contributed by atoms with van der Waals surface area (Å²) in [5.74, 6) is 1.30. The maximum absolute atomic E-state index is 6.03. The molecule has 0 saturated carbocycles. The Morgan fingerprint density at radius 2 is 1.00 bits per heavy atom. The first-order valence-electron chi connectivity index (χ1n) is 20.6. The normalized spacial score (nSPS) is 11.5. The van der Waals surface area contributed by atoms with Gasteiger partial charge in [-0.25, -0.2) is 29.9 Å². The van der Waals surface area contributed by atoms with E-state index in [0.29, 0.717) is 29.7 Å². The second-order valence-electron chi connectivity index (χ2n) is 15.8. The highest BCUT2D eigenvalue weighted by Crippen LogP contribution is 2.40. The van der Waals surface area contributed by atoms with E-state index in [0.717, 1.165) is 92.4 Å². The van der Waals surface area contributed by atoms with Gasteiger partial charge in [0.05, 0.1) is 16.8 Å². The first kappa shape index (κ1) is 40.6. The second kappa shape index (κ2) is 17.6. The van der Waals surface area contributed by atoms with Crippen LogP contribution in [0.1, 0.15) is 62.2 Å². The van der Waals surface area contributed by atoms with Crippen LogP contribution in [0.25, 0.3) is 44.3 Å². The molecule has 0 aliphatic rings. The number of nitrogens with one attached hydrogen (secondary N) is 1. The van der Waals surface area contributed by atoms with Gasteiger partial charge >= 0.3 is 0 Å². The maximum Gasteiger partial charge on any atom is 0.164 e. The van der Waals surface area contributed by atoms with E-state index in [4.69, 9.17) is 26.4 Å². The van der Waals surface area contributed by atoms with Gasteiger partial charge in [0.1, 0.15) is 18.5 Å². The average molecular weight is 848 g/mol. The average Bonchev–Trinajstić information content (AvgIpc) is 3.29. The molecule has 0 saturated heterocycles. The zero-order chi connectivity index (χ0) is 42.7. The molecule has 0 atom stereocenters. The number of rotatable bonds is 12. The Morgan fingerprint density at radius 1 is 0.500 bits per heavy atom. The van der Waals surface area contributed by atoms with E-state index in [1.807, 2.05) is 36.4 Å². The highest BCUT2D eigenvalue weighted by atomic mass is 32.2. The van der Waals surface area contributed by atoms with E-state index < -0.39 is 0 Å². The van der Waals surface area contributed by atoms with Crippen LogP contribution in [0, 0.1) is 0 Å². The van der Waals surface area contributed by atoms with Gasteiger partial charge in [-0.15, -0.1) is 0 Å². The van der Waals surface area contributed by atoms with Crippen LogP contribution in [0.3, 0.4) is 0 Å². The monoisotopic (exact) mass is 847 g/mol. The lowest BCUT2D eigenvalue weighted by Gasteiger charge is -2.16. The topological polar surface area (TPSA) is 141 Å². The van der Waals surface area contributed by atoms with Crippen molar-refractivity contribution in [3.63, 3.8) is 0 Å². The fraction of sp³-hybridized carbons (Fsp3) is 0.137. The zero-order valence-electron chi connectivity index (χ0n) is 34.9. The molecule has 11 heteroatoms. The zero-order valence-corrected chi connectivity index (χ0v) is 36.5. The number of anilines is 4. The molecule has 306 valence electrons. The summed E-state index contributed by atoms with van der Waals surface area (Å²) in [6.07, 6.45) is 3.82. The van der Waals surface area contributed by atoms with Crippen LogP contribution in [-0.4, -0.2) is 29.9 Å². The van der Waals surface area contributed by atoms with Crippen molar-refractivity contribution >= 4 is 68.5 Å². The van der Waals surface area contributed by atoms with Crippen LogP contribution in [0.15, 0.2) is 166 Å². The lowest BCUT2D eigenvalue weighted by molar-refractivity contribution is 0.826. The predicted molar refractivity (Wildman–Crippen MR) is 256 cm³/mol. The van der Waals surface area contributed by atoms with Gasteiger partial charge in [0.25, 0.3) is 0 Å². The Labute approximate surface area is 369 Å². The fourth-order valence-electron chi connectivity index (χ4n) is 7.23. The van der Waals surface area contributed by atoms with E-state index in [1.165, 1.54) is 5.56 Å². The highest BCUT2D eigenvalue weighted by molar-refractivity contribution is 7.99.